The first-order valence-electron chi connectivity index (χ1n) is 4.63. The maximum atomic E-state index is 12.5. The topological polar surface area (TPSA) is 29.1 Å². The van der Waals surface area contributed by atoms with Gasteiger partial charge in [-0.2, -0.15) is 0 Å². The van der Waals surface area contributed by atoms with Crippen molar-refractivity contribution in [3.63, 3.8) is 0 Å². The van der Waals surface area contributed by atoms with Crippen LogP contribution in [-0.2, 0) is 4.79 Å². The Kier molecular flexibility index (Phi) is 3.92. The lowest BCUT2D eigenvalue weighted by Crippen LogP contribution is -2.19. The molecule has 1 amide bonds. The Morgan fingerprint density at radius 1 is 1.19 bits per heavy atom. The summed E-state index contributed by atoms with van der Waals surface area (Å²) >= 11 is 0. The maximum Gasteiger partial charge on any atom is 0.478 e. The number of hydrogen-bond donors (Lipinski definition) is 1. The van der Waals surface area contributed by atoms with E-state index < -0.39 is 31.4 Å². The van der Waals surface area contributed by atoms with Gasteiger partial charge in [0.05, 0.1) is 0 Å². The molecule has 0 aliphatic carbocycles. The Labute approximate surface area is 89.7 Å². The number of carbonyl (C=O) groups is 1. The molecule has 7 heteroatoms. The van der Waals surface area contributed by atoms with Crippen LogP contribution in [0.15, 0.2) is 24.3 Å². The summed E-state index contributed by atoms with van der Waals surface area (Å²) in [6.45, 7) is -4.94. The van der Waals surface area contributed by atoms with Crippen LogP contribution in [0.25, 0.3) is 0 Å². The van der Waals surface area contributed by atoms with Crippen molar-refractivity contribution in [1.29, 1.82) is 0 Å². The minimum atomic E-state index is -4.94. The van der Waals surface area contributed by atoms with Gasteiger partial charge in [0.25, 0.3) is 0 Å². The Morgan fingerprint density at radius 3 is 2.25 bits per heavy atom. The van der Waals surface area contributed by atoms with Crippen molar-refractivity contribution in [2.24, 2.45) is 0 Å². The number of amides is 1. The number of nitrogens with one attached hydrogen (secondary N) is 1. The molecule has 0 aliphatic rings. The molecule has 0 atom stereocenters. The van der Waals surface area contributed by atoms with Crippen molar-refractivity contribution >= 4 is 18.6 Å². The third kappa shape index (κ3) is 4.81. The van der Waals surface area contributed by atoms with Gasteiger partial charge in [0.1, 0.15) is 5.82 Å². The van der Waals surface area contributed by atoms with Crippen molar-refractivity contribution in [3.8, 4) is 0 Å². The zero-order valence-corrected chi connectivity index (χ0v) is 8.22. The number of carbonyl (C=O) groups excluding carboxylic acids is 1. The lowest BCUT2D eigenvalue weighted by molar-refractivity contribution is -0.116. The van der Waals surface area contributed by atoms with Crippen LogP contribution in [0.1, 0.15) is 6.42 Å². The summed E-state index contributed by atoms with van der Waals surface area (Å²) in [4.78, 5) is 11.0. The molecule has 2 nitrogen and oxygen atoms in total. The van der Waals surface area contributed by atoms with Crippen LogP contribution in [0.5, 0.6) is 0 Å². The van der Waals surface area contributed by atoms with Crippen molar-refractivity contribution in [1.82, 2.24) is 0 Å². The Bertz CT molecular complexity index is 363. The van der Waals surface area contributed by atoms with E-state index in [-0.39, 0.29) is 5.69 Å². The summed E-state index contributed by atoms with van der Waals surface area (Å²) in [5.41, 5.74) is 0.279. The van der Waals surface area contributed by atoms with Gasteiger partial charge in [0, 0.05) is 12.1 Å². The molecule has 1 rings (SSSR count). The molecule has 1 aromatic carbocycles. The molecule has 88 valence electrons. The molecule has 1 aromatic rings. The second-order valence-electron chi connectivity index (χ2n) is 3.30. The normalized spacial score (nSPS) is 11.2. The average molecular weight is 234 g/mol. The van der Waals surface area contributed by atoms with Crippen LogP contribution in [0, 0.1) is 5.82 Å². The zero-order chi connectivity index (χ0) is 12.2. The molecule has 1 N–H and O–H groups in total. The first-order valence-corrected chi connectivity index (χ1v) is 4.63. The summed E-state index contributed by atoms with van der Waals surface area (Å²) < 4.78 is 48.0. The van der Waals surface area contributed by atoms with Crippen LogP contribution < -0.4 is 5.32 Å². The van der Waals surface area contributed by atoms with E-state index in [1.807, 2.05) is 0 Å². The predicted octanol–water partition coefficient (Wildman–Crippen LogP) is 3.00. The molecule has 0 aromatic heterocycles. The van der Waals surface area contributed by atoms with E-state index in [0.29, 0.717) is 0 Å². The fraction of sp³-hybridized carbons (Fsp3) is 0.222. The van der Waals surface area contributed by atoms with Gasteiger partial charge < -0.3 is 18.3 Å². The summed E-state index contributed by atoms with van der Waals surface area (Å²) in [7, 11) is 0. The molecule has 0 aliphatic heterocycles. The zero-order valence-electron chi connectivity index (χ0n) is 8.22. The summed E-state index contributed by atoms with van der Waals surface area (Å²) in [5.74, 6) is -1.21. The average Bonchev–Trinajstić information content (AvgIpc) is 2.18. The number of anilines is 1. The number of hydrogen-bond acceptors (Lipinski definition) is 1. The van der Waals surface area contributed by atoms with E-state index >= 15 is 0 Å². The van der Waals surface area contributed by atoms with E-state index in [4.69, 9.17) is 0 Å². The highest BCUT2D eigenvalue weighted by molar-refractivity contribution is 6.58. The molecule has 0 saturated heterocycles. The third-order valence-electron chi connectivity index (χ3n) is 1.83. The van der Waals surface area contributed by atoms with Gasteiger partial charge >= 0.3 is 6.98 Å². The second kappa shape index (κ2) is 5.00. The van der Waals surface area contributed by atoms with Gasteiger partial charge in [-0.15, -0.1) is 0 Å². The van der Waals surface area contributed by atoms with Crippen LogP contribution >= 0.6 is 0 Å². The molecule has 0 saturated carbocycles. The van der Waals surface area contributed by atoms with E-state index in [0.717, 1.165) is 12.1 Å². The van der Waals surface area contributed by atoms with Crippen molar-refractivity contribution in [2.45, 2.75) is 12.7 Å². The van der Waals surface area contributed by atoms with Crippen molar-refractivity contribution in [3.05, 3.63) is 30.1 Å². The summed E-state index contributed by atoms with van der Waals surface area (Å²) in [6.07, 6.45) is -1.71. The molecule has 0 heterocycles. The van der Waals surface area contributed by atoms with E-state index in [1.165, 1.54) is 12.1 Å². The van der Waals surface area contributed by atoms with Gasteiger partial charge in [-0.05, 0) is 24.3 Å². The van der Waals surface area contributed by atoms with Gasteiger partial charge in [-0.3, -0.25) is 4.79 Å². The molecule has 0 bridgehead atoms. The fourth-order valence-electron chi connectivity index (χ4n) is 1.05. The largest absolute Gasteiger partial charge is 0.478 e. The Morgan fingerprint density at radius 2 is 1.75 bits per heavy atom. The summed E-state index contributed by atoms with van der Waals surface area (Å²) in [5, 5.41) is 2.25. The van der Waals surface area contributed by atoms with Crippen LogP contribution in [-0.4, -0.2) is 12.9 Å². The fourth-order valence-corrected chi connectivity index (χ4v) is 1.05. The highest BCUT2D eigenvalue weighted by atomic mass is 19.4. The van der Waals surface area contributed by atoms with E-state index in [9.17, 15) is 22.1 Å². The molecule has 16 heavy (non-hydrogen) atoms. The summed E-state index contributed by atoms with van der Waals surface area (Å²) in [6, 6.07) is 4.80. The molecule has 0 fully saturated rings. The smallest absolute Gasteiger partial charge is 0.449 e. The third-order valence-corrected chi connectivity index (χ3v) is 1.83. The Hall–Kier alpha value is -1.53. The van der Waals surface area contributed by atoms with E-state index in [2.05, 4.69) is 5.32 Å². The lowest BCUT2D eigenvalue weighted by Gasteiger charge is -2.12. The SMILES string of the molecule is O=C(CC[B-](F)(F)F)Nc1ccc(F)cc1. The molecular formula is C9H9BF4NO-. The van der Waals surface area contributed by atoms with Crippen molar-refractivity contribution in [2.75, 3.05) is 5.32 Å². The molecular weight excluding hydrogens is 225 g/mol. The standard InChI is InChI=1S/C9H9BF4NO/c11-7-1-3-8(4-2-7)15-9(16)5-6-10(12,13)14/h1-4H,5-6H2,(H,15,16)/q-1. The van der Waals surface area contributed by atoms with Crippen LogP contribution in [0.3, 0.4) is 0 Å². The van der Waals surface area contributed by atoms with Gasteiger partial charge in [0.2, 0.25) is 5.91 Å². The number of benzene rings is 1. The van der Waals surface area contributed by atoms with Gasteiger partial charge in [-0.1, -0.05) is 6.32 Å². The Balaban J connectivity index is 2.43. The molecule has 0 unspecified atom stereocenters. The highest BCUT2D eigenvalue weighted by Gasteiger charge is 2.23. The lowest BCUT2D eigenvalue weighted by atomic mass is 9.84. The second-order valence-corrected chi connectivity index (χ2v) is 3.30. The van der Waals surface area contributed by atoms with E-state index in [1.54, 1.807) is 0 Å². The molecule has 0 spiro atoms. The van der Waals surface area contributed by atoms with Crippen LogP contribution in [0.2, 0.25) is 6.32 Å². The number of rotatable bonds is 4. The van der Waals surface area contributed by atoms with Gasteiger partial charge in [0.15, 0.2) is 0 Å². The first-order chi connectivity index (χ1) is 7.37. The minimum Gasteiger partial charge on any atom is -0.449 e. The monoisotopic (exact) mass is 234 g/mol. The van der Waals surface area contributed by atoms with Crippen molar-refractivity contribution < 1.29 is 22.1 Å². The number of halogens is 4. The maximum absolute atomic E-state index is 12.5. The van der Waals surface area contributed by atoms with Gasteiger partial charge in [-0.25, -0.2) is 4.39 Å². The molecule has 0 radical (unpaired) electrons. The van der Waals surface area contributed by atoms with Crippen LogP contribution in [0.4, 0.5) is 23.0 Å². The predicted molar refractivity (Wildman–Crippen MR) is 53.5 cm³/mol. The highest BCUT2D eigenvalue weighted by Crippen LogP contribution is 2.17. The minimum absolute atomic E-state index is 0.279. The first kappa shape index (κ1) is 12.5. The quantitative estimate of drug-likeness (QED) is 0.629.